The molecular weight excluding hydrogens is 270 g/mol. The number of aliphatic hydroxyl groups excluding tert-OH is 1. The molecule has 1 unspecified atom stereocenters. The van der Waals surface area contributed by atoms with Crippen LogP contribution < -0.4 is 15.4 Å². The first-order valence-corrected chi connectivity index (χ1v) is 6.64. The average Bonchev–Trinajstić information content (AvgIpc) is 2.54. The molecule has 21 heavy (non-hydrogen) atoms. The Morgan fingerprint density at radius 1 is 1.10 bits per heavy atom. The van der Waals surface area contributed by atoms with Crippen molar-refractivity contribution >= 4 is 0 Å². The highest BCUT2D eigenvalue weighted by molar-refractivity contribution is 5.43. The molecule has 3 N–H and O–H groups in total. The number of hydrogen-bond acceptors (Lipinski definition) is 5. The van der Waals surface area contributed by atoms with Crippen LogP contribution in [0.1, 0.15) is 17.2 Å². The summed E-state index contributed by atoms with van der Waals surface area (Å²) in [5.41, 5.74) is 7.15. The van der Waals surface area contributed by atoms with Crippen LogP contribution in [-0.2, 0) is 11.5 Å². The summed E-state index contributed by atoms with van der Waals surface area (Å²) in [6, 6.07) is 14.9. The third-order valence-electron chi connectivity index (χ3n) is 2.99. The molecule has 0 amide bonds. The van der Waals surface area contributed by atoms with Crippen LogP contribution in [0.4, 0.5) is 0 Å². The van der Waals surface area contributed by atoms with E-state index in [4.69, 9.17) is 20.2 Å². The van der Waals surface area contributed by atoms with Gasteiger partial charge in [0.2, 0.25) is 5.75 Å². The van der Waals surface area contributed by atoms with Crippen molar-refractivity contribution in [3.63, 3.8) is 0 Å². The van der Waals surface area contributed by atoms with E-state index in [1.165, 1.54) is 7.11 Å². The Labute approximate surface area is 123 Å². The standard InChI is InChI=1S/C16H19NO4/c1-19-21-16-9-13(14(18)10-17)7-8-15(16)20-11-12-5-3-2-4-6-12/h2-9,14,18H,10-11,17H2,1H3. The van der Waals surface area contributed by atoms with Crippen LogP contribution in [0, 0.1) is 0 Å². The maximum Gasteiger partial charge on any atom is 0.207 e. The second-order valence-corrected chi connectivity index (χ2v) is 4.48. The second-order valence-electron chi connectivity index (χ2n) is 4.48. The summed E-state index contributed by atoms with van der Waals surface area (Å²) in [5, 5.41) is 9.76. The van der Waals surface area contributed by atoms with E-state index >= 15 is 0 Å². The Hall–Kier alpha value is -2.08. The topological polar surface area (TPSA) is 73.9 Å². The van der Waals surface area contributed by atoms with Crippen LogP contribution in [0.15, 0.2) is 48.5 Å². The summed E-state index contributed by atoms with van der Waals surface area (Å²) in [7, 11) is 1.41. The molecule has 0 heterocycles. The normalized spacial score (nSPS) is 12.0. The van der Waals surface area contributed by atoms with Gasteiger partial charge >= 0.3 is 0 Å². The Balaban J connectivity index is 2.14. The number of aliphatic hydroxyl groups is 1. The third-order valence-corrected chi connectivity index (χ3v) is 2.99. The summed E-state index contributed by atoms with van der Waals surface area (Å²) >= 11 is 0. The predicted molar refractivity (Wildman–Crippen MR) is 78.9 cm³/mol. The lowest BCUT2D eigenvalue weighted by molar-refractivity contribution is -0.179. The zero-order valence-corrected chi connectivity index (χ0v) is 11.9. The summed E-state index contributed by atoms with van der Waals surface area (Å²) in [6.45, 7) is 0.552. The van der Waals surface area contributed by atoms with Crippen LogP contribution >= 0.6 is 0 Å². The molecule has 2 rings (SSSR count). The number of hydrogen-bond donors (Lipinski definition) is 2. The van der Waals surface area contributed by atoms with Gasteiger partial charge in [0.25, 0.3) is 0 Å². The van der Waals surface area contributed by atoms with Gasteiger partial charge in [0.15, 0.2) is 5.75 Å². The molecule has 2 aromatic rings. The van der Waals surface area contributed by atoms with Gasteiger partial charge in [0, 0.05) is 6.54 Å². The van der Waals surface area contributed by atoms with Gasteiger partial charge in [-0.2, -0.15) is 4.89 Å². The van der Waals surface area contributed by atoms with Crippen molar-refractivity contribution < 1.29 is 19.6 Å². The molecular formula is C16H19NO4. The SMILES string of the molecule is COOc1cc(C(O)CN)ccc1OCc1ccccc1. The molecule has 0 saturated heterocycles. The molecule has 0 aliphatic carbocycles. The molecule has 5 heteroatoms. The summed E-state index contributed by atoms with van der Waals surface area (Å²) < 4.78 is 5.73. The van der Waals surface area contributed by atoms with Gasteiger partial charge in [0.05, 0.1) is 13.2 Å². The van der Waals surface area contributed by atoms with Crippen molar-refractivity contribution in [1.29, 1.82) is 0 Å². The van der Waals surface area contributed by atoms with E-state index in [1.807, 2.05) is 30.3 Å². The molecule has 0 aliphatic heterocycles. The van der Waals surface area contributed by atoms with Gasteiger partial charge in [-0.15, -0.1) is 0 Å². The van der Waals surface area contributed by atoms with Crippen LogP contribution in [0.25, 0.3) is 0 Å². The molecule has 0 spiro atoms. The van der Waals surface area contributed by atoms with Crippen molar-refractivity contribution in [1.82, 2.24) is 0 Å². The minimum absolute atomic E-state index is 0.136. The Bertz CT molecular complexity index is 559. The third kappa shape index (κ3) is 4.19. The number of benzene rings is 2. The Morgan fingerprint density at radius 2 is 1.86 bits per heavy atom. The van der Waals surface area contributed by atoms with Crippen molar-refractivity contribution in [2.45, 2.75) is 12.7 Å². The first-order chi connectivity index (χ1) is 10.2. The lowest BCUT2D eigenvalue weighted by atomic mass is 10.1. The number of rotatable bonds is 7. The predicted octanol–water partition coefficient (Wildman–Crippen LogP) is 2.20. The molecule has 2 aromatic carbocycles. The van der Waals surface area contributed by atoms with E-state index < -0.39 is 6.10 Å². The minimum atomic E-state index is -0.743. The first kappa shape index (κ1) is 15.3. The van der Waals surface area contributed by atoms with E-state index in [0.29, 0.717) is 23.7 Å². The van der Waals surface area contributed by atoms with Gasteiger partial charge in [-0.05, 0) is 23.3 Å². The molecule has 0 saturated carbocycles. The lowest BCUT2D eigenvalue weighted by Gasteiger charge is -2.14. The molecule has 0 radical (unpaired) electrons. The van der Waals surface area contributed by atoms with Gasteiger partial charge in [-0.1, -0.05) is 36.4 Å². The van der Waals surface area contributed by atoms with E-state index in [2.05, 4.69) is 0 Å². The highest BCUT2D eigenvalue weighted by Gasteiger charge is 2.12. The molecule has 1 atom stereocenters. The van der Waals surface area contributed by atoms with Crippen molar-refractivity contribution in [2.24, 2.45) is 5.73 Å². The van der Waals surface area contributed by atoms with E-state index in [0.717, 1.165) is 5.56 Å². The molecule has 0 fully saturated rings. The molecule has 0 bridgehead atoms. The van der Waals surface area contributed by atoms with Crippen LogP contribution in [0.3, 0.4) is 0 Å². The highest BCUT2D eigenvalue weighted by atomic mass is 17.2. The van der Waals surface area contributed by atoms with Crippen molar-refractivity contribution in [3.05, 3.63) is 59.7 Å². The summed E-state index contributed by atoms with van der Waals surface area (Å²) in [6.07, 6.45) is -0.743. The largest absolute Gasteiger partial charge is 0.485 e. The molecule has 0 aliphatic rings. The monoisotopic (exact) mass is 289 g/mol. The quantitative estimate of drug-likeness (QED) is 0.604. The van der Waals surface area contributed by atoms with E-state index in [1.54, 1.807) is 18.2 Å². The maximum absolute atomic E-state index is 9.76. The van der Waals surface area contributed by atoms with Gasteiger partial charge in [-0.25, -0.2) is 0 Å². The molecule has 112 valence electrons. The van der Waals surface area contributed by atoms with E-state index in [9.17, 15) is 5.11 Å². The van der Waals surface area contributed by atoms with E-state index in [-0.39, 0.29) is 6.54 Å². The van der Waals surface area contributed by atoms with Crippen molar-refractivity contribution in [2.75, 3.05) is 13.7 Å². The first-order valence-electron chi connectivity index (χ1n) is 6.64. The average molecular weight is 289 g/mol. The lowest BCUT2D eigenvalue weighted by Crippen LogP contribution is -2.11. The van der Waals surface area contributed by atoms with Crippen LogP contribution in [-0.4, -0.2) is 18.8 Å². The second kappa shape index (κ2) is 7.64. The zero-order chi connectivity index (χ0) is 15.1. The van der Waals surface area contributed by atoms with Crippen molar-refractivity contribution in [3.8, 4) is 11.5 Å². The highest BCUT2D eigenvalue weighted by Crippen LogP contribution is 2.31. The summed E-state index contributed by atoms with van der Waals surface area (Å²) in [4.78, 5) is 9.78. The zero-order valence-electron chi connectivity index (χ0n) is 11.9. The minimum Gasteiger partial charge on any atom is -0.485 e. The van der Waals surface area contributed by atoms with Crippen LogP contribution in [0.5, 0.6) is 11.5 Å². The maximum atomic E-state index is 9.76. The van der Waals surface area contributed by atoms with Gasteiger partial charge in [0.1, 0.15) is 6.61 Å². The number of nitrogens with two attached hydrogens (primary N) is 1. The van der Waals surface area contributed by atoms with Crippen LogP contribution in [0.2, 0.25) is 0 Å². The fraction of sp³-hybridized carbons (Fsp3) is 0.250. The summed E-state index contributed by atoms with van der Waals surface area (Å²) in [5.74, 6) is 0.937. The smallest absolute Gasteiger partial charge is 0.207 e. The molecule has 5 nitrogen and oxygen atoms in total. The Kier molecular flexibility index (Phi) is 5.57. The molecule has 0 aromatic heterocycles. The fourth-order valence-corrected chi connectivity index (χ4v) is 1.88. The Morgan fingerprint density at radius 3 is 2.52 bits per heavy atom. The number of ether oxygens (including phenoxy) is 1. The van der Waals surface area contributed by atoms with Gasteiger partial charge in [-0.3, -0.25) is 0 Å². The van der Waals surface area contributed by atoms with Gasteiger partial charge < -0.3 is 20.5 Å². The fourth-order valence-electron chi connectivity index (χ4n) is 1.88.